The Hall–Kier alpha value is -6.11. The van der Waals surface area contributed by atoms with Crippen molar-refractivity contribution in [3.05, 3.63) is 0 Å². The van der Waals surface area contributed by atoms with Crippen molar-refractivity contribution in [3.8, 4) is 0 Å². The number of hydrogen-bond acceptors (Lipinski definition) is 18. The average molecular weight is 1160 g/mol. The molecule has 1 aliphatic rings. The first-order valence-electron chi connectivity index (χ1n) is 28.3. The van der Waals surface area contributed by atoms with E-state index in [-0.39, 0.29) is 95.9 Å². The highest BCUT2D eigenvalue weighted by Gasteiger charge is 2.37. The third-order valence-electron chi connectivity index (χ3n) is 13.4. The van der Waals surface area contributed by atoms with Crippen LogP contribution in [0.25, 0.3) is 0 Å². The van der Waals surface area contributed by atoms with E-state index in [1.165, 1.54) is 13.8 Å². The summed E-state index contributed by atoms with van der Waals surface area (Å²) in [6, 6.07) is -14.5. The molecule has 0 radical (unpaired) electrons. The molecule has 29 nitrogen and oxygen atoms in total. The maximum atomic E-state index is 14.4. The number of rotatable bonds is 28. The van der Waals surface area contributed by atoms with Gasteiger partial charge in [0.1, 0.15) is 60.4 Å². The van der Waals surface area contributed by atoms with E-state index in [0.29, 0.717) is 12.3 Å². The van der Waals surface area contributed by atoms with Gasteiger partial charge in [-0.3, -0.25) is 52.7 Å². The van der Waals surface area contributed by atoms with Gasteiger partial charge in [0.2, 0.25) is 65.0 Å². The number of carbonyl (C=O) groups excluding carboxylic acids is 11. The van der Waals surface area contributed by atoms with E-state index in [0.717, 1.165) is 12.8 Å². The molecule has 11 amide bonds. The van der Waals surface area contributed by atoms with Crippen LogP contribution in [0, 0.1) is 17.8 Å². The number of aliphatic hydroxyl groups excluding tert-OH is 2. The smallest absolute Gasteiger partial charge is 0.245 e. The Morgan fingerprint density at radius 2 is 0.963 bits per heavy atom. The lowest BCUT2D eigenvalue weighted by Gasteiger charge is -2.29. The van der Waals surface area contributed by atoms with Crippen LogP contribution in [0.5, 0.6) is 0 Å². The van der Waals surface area contributed by atoms with Gasteiger partial charge in [0.05, 0.1) is 12.2 Å². The van der Waals surface area contributed by atoms with E-state index in [4.69, 9.17) is 28.7 Å². The van der Waals surface area contributed by atoms with Gasteiger partial charge in [0.15, 0.2) is 0 Å². The van der Waals surface area contributed by atoms with Crippen molar-refractivity contribution in [3.63, 3.8) is 0 Å². The Kier molecular flexibility index (Phi) is 34.7. The third-order valence-corrected chi connectivity index (χ3v) is 13.4. The first-order chi connectivity index (χ1) is 38.2. The molecule has 464 valence electrons. The standard InChI is InChI=1S/C52H98N16O13/c1-9-29(6)11-10-12-40(71)59-32(13-19-53)47(76)68-42(31(8)70)52(81)64-35(16-22-56)44(73)63-37-18-24-58-51(80)41(30(7)69)67-48(77)36(17-23-57)61-43(72)33(14-20-54)62-49(78)38(25-27(2)3)66-50(79)39(26-28(4)5)65-45(74)34(15-21-55)60-46(37)75/h27-39,41-42,69-70H,9-26,53-57H2,1-8H3,(H,58,80)(H,59,71)(H,60,75)(H,61,72)(H,62,78)(H,63,73)(H,64,81)(H,65,74)(H,66,79)(H,67,77)(H,68,76)/t29-,30+,31+,32-,33-,34+,35-,36-,37-,38-,39+,41-,42-/m0/s1. The Bertz CT molecular complexity index is 2050. The highest BCUT2D eigenvalue weighted by molar-refractivity contribution is 5.99. The number of amides is 11. The molecule has 81 heavy (non-hydrogen) atoms. The average Bonchev–Trinajstić information content (AvgIpc) is 3.41. The van der Waals surface area contributed by atoms with Crippen LogP contribution in [0.3, 0.4) is 0 Å². The lowest BCUT2D eigenvalue weighted by Crippen LogP contribution is -2.62. The van der Waals surface area contributed by atoms with Gasteiger partial charge in [-0.1, -0.05) is 54.4 Å². The second kappa shape index (κ2) is 38.6. The van der Waals surface area contributed by atoms with Gasteiger partial charge in [-0.25, -0.2) is 0 Å². The Morgan fingerprint density at radius 3 is 1.38 bits per heavy atom. The minimum absolute atomic E-state index is 0.0146. The normalized spacial score (nSPS) is 23.6. The van der Waals surface area contributed by atoms with Gasteiger partial charge in [0.25, 0.3) is 0 Å². The molecular formula is C52H98N16O13. The highest BCUT2D eigenvalue weighted by atomic mass is 16.3. The first-order valence-corrected chi connectivity index (χ1v) is 28.3. The van der Waals surface area contributed by atoms with E-state index in [1.54, 1.807) is 27.7 Å². The van der Waals surface area contributed by atoms with Crippen LogP contribution in [-0.4, -0.2) is 187 Å². The summed E-state index contributed by atoms with van der Waals surface area (Å²) in [4.78, 5) is 153. The zero-order valence-corrected chi connectivity index (χ0v) is 48.7. The molecule has 1 heterocycles. The number of carbonyl (C=O) groups is 11. The minimum Gasteiger partial charge on any atom is -0.391 e. The molecule has 23 N–H and O–H groups in total. The topological polar surface area (TPSA) is 491 Å². The monoisotopic (exact) mass is 1150 g/mol. The SMILES string of the molecule is CC[C@H](C)CCCC(=O)N[C@@H](CCN)C(=O)N[C@H](C(=O)N[C@@H](CCN)C(=O)N[C@H]1CCNC(=O)[C@H]([C@@H](C)O)NC(=O)[C@H](CCN)NC(=O)[C@H](CCN)NC(=O)[C@H](CC(C)C)NC(=O)[C@@H](CC(C)C)NC(=O)[C@@H](CCN)NC1=O)[C@@H](C)O. The molecule has 1 fully saturated rings. The Balaban J connectivity index is 3.84. The molecule has 0 aromatic carbocycles. The molecule has 0 aromatic heterocycles. The van der Waals surface area contributed by atoms with Gasteiger partial charge in [-0.05, 0) is 122 Å². The van der Waals surface area contributed by atoms with E-state index in [9.17, 15) is 63.0 Å². The molecule has 0 bridgehead atoms. The summed E-state index contributed by atoms with van der Waals surface area (Å²) in [5, 5.41) is 49.5. The molecule has 1 saturated heterocycles. The van der Waals surface area contributed by atoms with E-state index in [1.807, 2.05) is 6.92 Å². The van der Waals surface area contributed by atoms with Crippen molar-refractivity contribution in [2.45, 2.75) is 205 Å². The van der Waals surface area contributed by atoms with Crippen LogP contribution >= 0.6 is 0 Å². The quantitative estimate of drug-likeness (QED) is 0.0347. The molecular weight excluding hydrogens is 1060 g/mol. The number of nitrogens with two attached hydrogens (primary N) is 5. The maximum absolute atomic E-state index is 14.4. The summed E-state index contributed by atoms with van der Waals surface area (Å²) in [5.74, 6) is -9.60. The van der Waals surface area contributed by atoms with Crippen LogP contribution in [0.2, 0.25) is 0 Å². The summed E-state index contributed by atoms with van der Waals surface area (Å²) in [6.45, 7) is 12.5. The zero-order chi connectivity index (χ0) is 61.5. The maximum Gasteiger partial charge on any atom is 0.245 e. The third kappa shape index (κ3) is 27.0. The van der Waals surface area contributed by atoms with Crippen molar-refractivity contribution in [1.82, 2.24) is 58.5 Å². The van der Waals surface area contributed by atoms with Crippen LogP contribution in [-0.2, 0) is 52.7 Å². The lowest BCUT2D eigenvalue weighted by atomic mass is 9.99. The first kappa shape index (κ1) is 72.9. The van der Waals surface area contributed by atoms with Crippen LogP contribution in [0.4, 0.5) is 0 Å². The Morgan fingerprint density at radius 1 is 0.531 bits per heavy atom. The summed E-state index contributed by atoms with van der Waals surface area (Å²) in [7, 11) is 0. The van der Waals surface area contributed by atoms with Gasteiger partial charge >= 0.3 is 0 Å². The van der Waals surface area contributed by atoms with Crippen molar-refractivity contribution in [1.29, 1.82) is 0 Å². The van der Waals surface area contributed by atoms with E-state index < -0.39 is 151 Å². The fraction of sp³-hybridized carbons (Fsp3) is 0.788. The predicted molar refractivity (Wildman–Crippen MR) is 301 cm³/mol. The number of aliphatic hydroxyl groups is 2. The van der Waals surface area contributed by atoms with E-state index >= 15 is 0 Å². The van der Waals surface area contributed by atoms with Crippen LogP contribution in [0.15, 0.2) is 0 Å². The molecule has 1 rings (SSSR count). The van der Waals surface area contributed by atoms with Gasteiger partial charge in [-0.15, -0.1) is 0 Å². The minimum atomic E-state index is -1.69. The molecule has 0 spiro atoms. The van der Waals surface area contributed by atoms with Crippen molar-refractivity contribution in [2.24, 2.45) is 46.4 Å². The lowest BCUT2D eigenvalue weighted by molar-refractivity contribution is -0.137. The van der Waals surface area contributed by atoms with Gasteiger partial charge in [0, 0.05) is 13.0 Å². The zero-order valence-electron chi connectivity index (χ0n) is 48.7. The molecule has 0 aliphatic carbocycles. The molecule has 0 unspecified atom stereocenters. The Labute approximate surface area is 475 Å². The molecule has 0 saturated carbocycles. The second-order valence-corrected chi connectivity index (χ2v) is 21.6. The molecule has 0 aromatic rings. The van der Waals surface area contributed by atoms with Crippen molar-refractivity contribution in [2.75, 3.05) is 39.3 Å². The highest BCUT2D eigenvalue weighted by Crippen LogP contribution is 2.13. The molecule has 29 heteroatoms. The van der Waals surface area contributed by atoms with Crippen LogP contribution < -0.4 is 87.2 Å². The predicted octanol–water partition coefficient (Wildman–Crippen LogP) is -5.83. The summed E-state index contributed by atoms with van der Waals surface area (Å²) in [5.41, 5.74) is 29.2. The second-order valence-electron chi connectivity index (χ2n) is 21.6. The number of nitrogens with one attached hydrogen (secondary N) is 11. The van der Waals surface area contributed by atoms with Gasteiger partial charge in [-0.2, -0.15) is 0 Å². The fourth-order valence-corrected chi connectivity index (χ4v) is 8.60. The van der Waals surface area contributed by atoms with Crippen molar-refractivity contribution >= 4 is 65.0 Å². The number of hydrogen-bond donors (Lipinski definition) is 18. The summed E-state index contributed by atoms with van der Waals surface area (Å²) >= 11 is 0. The fourth-order valence-electron chi connectivity index (χ4n) is 8.60. The summed E-state index contributed by atoms with van der Waals surface area (Å²) in [6.07, 6.45) is -1.79. The van der Waals surface area contributed by atoms with Crippen LogP contribution in [0.1, 0.15) is 132 Å². The summed E-state index contributed by atoms with van der Waals surface area (Å²) < 4.78 is 0. The van der Waals surface area contributed by atoms with E-state index in [2.05, 4.69) is 65.4 Å². The largest absolute Gasteiger partial charge is 0.391 e. The van der Waals surface area contributed by atoms with Crippen molar-refractivity contribution < 1.29 is 63.0 Å². The molecule has 1 aliphatic heterocycles. The van der Waals surface area contributed by atoms with Gasteiger partial charge < -0.3 is 97.4 Å². The molecule has 13 atom stereocenters.